The minimum absolute atomic E-state index is 0.103. The molecule has 0 saturated heterocycles. The molecule has 1 unspecified atom stereocenters. The normalized spacial score (nSPS) is 13.0. The number of esters is 3. The van der Waals surface area contributed by atoms with Crippen molar-refractivity contribution >= 4 is 17.9 Å². The van der Waals surface area contributed by atoms with Crippen molar-refractivity contribution < 1.29 is 28.6 Å². The first-order valence-corrected chi connectivity index (χ1v) is 28.5. The maximum Gasteiger partial charge on any atom is 0.306 e. The summed E-state index contributed by atoms with van der Waals surface area (Å²) >= 11 is 0. The number of ether oxygens (including phenoxy) is 3. The smallest absolute Gasteiger partial charge is 0.306 e. The van der Waals surface area contributed by atoms with Gasteiger partial charge in [-0.25, -0.2) is 0 Å². The molecule has 0 radical (unpaired) electrons. The van der Waals surface area contributed by atoms with E-state index in [1.54, 1.807) is 0 Å². The highest BCUT2D eigenvalue weighted by atomic mass is 16.6. The van der Waals surface area contributed by atoms with Crippen LogP contribution in [0.2, 0.25) is 0 Å². The van der Waals surface area contributed by atoms with Gasteiger partial charge in [-0.3, -0.25) is 14.4 Å². The highest BCUT2D eigenvalue weighted by Gasteiger charge is 2.19. The second-order valence-corrected chi connectivity index (χ2v) is 18.4. The van der Waals surface area contributed by atoms with E-state index in [1.165, 1.54) is 57.8 Å². The zero-order valence-corrected chi connectivity index (χ0v) is 45.2. The van der Waals surface area contributed by atoms with Crippen LogP contribution in [0.1, 0.15) is 245 Å². The Balaban J connectivity index is 4.51. The third-order valence-corrected chi connectivity index (χ3v) is 11.7. The van der Waals surface area contributed by atoms with Crippen LogP contribution < -0.4 is 0 Å². The summed E-state index contributed by atoms with van der Waals surface area (Å²) in [4.78, 5) is 38.2. The predicted octanol–water partition coefficient (Wildman–Crippen LogP) is 19.3. The van der Waals surface area contributed by atoms with Crippen LogP contribution >= 0.6 is 0 Å². The molecule has 0 aliphatic heterocycles. The SMILES string of the molecule is CC/C=C\C/C=C\C/C=C\C/C=C\CCCCCCC(=O)OCC(COC(=O)CCCCCCCCC/C=C\C/C=C\CCCCCC)OC(=O)CCCCCC/C=C\C/C=C\C/C=C\C/C=C\CC. The van der Waals surface area contributed by atoms with Gasteiger partial charge in [0.25, 0.3) is 0 Å². The average Bonchev–Trinajstić information content (AvgIpc) is 3.36. The average molecular weight is 970 g/mol. The van der Waals surface area contributed by atoms with Gasteiger partial charge in [-0.05, 0) is 128 Å². The number of carbonyl (C=O) groups excluding carboxylic acids is 3. The van der Waals surface area contributed by atoms with E-state index in [-0.39, 0.29) is 37.5 Å². The van der Waals surface area contributed by atoms with Gasteiger partial charge in [0.05, 0.1) is 0 Å². The van der Waals surface area contributed by atoms with Crippen LogP contribution in [0.4, 0.5) is 0 Å². The topological polar surface area (TPSA) is 78.9 Å². The third kappa shape index (κ3) is 54.7. The second-order valence-electron chi connectivity index (χ2n) is 18.4. The monoisotopic (exact) mass is 969 g/mol. The molecule has 6 nitrogen and oxygen atoms in total. The van der Waals surface area contributed by atoms with E-state index in [2.05, 4.69) is 142 Å². The van der Waals surface area contributed by atoms with Crippen molar-refractivity contribution in [3.8, 4) is 0 Å². The van der Waals surface area contributed by atoms with Gasteiger partial charge in [0.1, 0.15) is 13.2 Å². The van der Waals surface area contributed by atoms with E-state index in [0.29, 0.717) is 12.8 Å². The van der Waals surface area contributed by atoms with Gasteiger partial charge in [-0.1, -0.05) is 219 Å². The van der Waals surface area contributed by atoms with Gasteiger partial charge < -0.3 is 14.2 Å². The molecule has 0 fully saturated rings. The van der Waals surface area contributed by atoms with Crippen molar-refractivity contribution in [3.63, 3.8) is 0 Å². The Labute approximate surface area is 431 Å². The summed E-state index contributed by atoms with van der Waals surface area (Å²) in [7, 11) is 0. The minimum atomic E-state index is -0.809. The lowest BCUT2D eigenvalue weighted by molar-refractivity contribution is -0.167. The molecule has 0 aromatic heterocycles. The highest BCUT2D eigenvalue weighted by molar-refractivity contribution is 5.71. The van der Waals surface area contributed by atoms with Crippen LogP contribution in [0.25, 0.3) is 0 Å². The lowest BCUT2D eigenvalue weighted by atomic mass is 10.1. The van der Waals surface area contributed by atoms with Gasteiger partial charge >= 0.3 is 17.9 Å². The quantitative estimate of drug-likeness (QED) is 0.0262. The molecule has 0 aromatic carbocycles. The molecule has 396 valence electrons. The maximum atomic E-state index is 12.9. The van der Waals surface area contributed by atoms with Crippen LogP contribution in [-0.4, -0.2) is 37.2 Å². The van der Waals surface area contributed by atoms with Crippen LogP contribution in [0.5, 0.6) is 0 Å². The summed E-state index contributed by atoms with van der Waals surface area (Å²) in [6.45, 7) is 6.35. The number of unbranched alkanes of at least 4 members (excludes halogenated alkanes) is 19. The van der Waals surface area contributed by atoms with Gasteiger partial charge in [0.15, 0.2) is 6.10 Å². The van der Waals surface area contributed by atoms with Crippen LogP contribution in [-0.2, 0) is 28.6 Å². The molecule has 0 amide bonds. The number of hydrogen-bond acceptors (Lipinski definition) is 6. The first-order valence-electron chi connectivity index (χ1n) is 28.5. The van der Waals surface area contributed by atoms with Crippen molar-refractivity contribution in [1.29, 1.82) is 0 Å². The number of hydrogen-bond donors (Lipinski definition) is 0. The molecule has 6 heteroatoms. The maximum absolute atomic E-state index is 12.9. The highest BCUT2D eigenvalue weighted by Crippen LogP contribution is 2.13. The zero-order valence-electron chi connectivity index (χ0n) is 45.2. The molecule has 0 saturated carbocycles. The fourth-order valence-corrected chi connectivity index (χ4v) is 7.45. The standard InChI is InChI=1S/C64H104O6/c1-4-7-10-13-16-19-22-25-28-31-34-36-39-42-45-48-51-54-57-63(66)69-60-61(70-64(67)58-55-52-49-46-43-40-37-33-30-27-24-21-18-15-12-9-6-3)59-68-62(65)56-53-50-47-44-41-38-35-32-29-26-23-20-17-14-11-8-5-2/h8-9,11-12,17-22,26-31,35,37-38,40,61H,4-7,10,13-16,23-25,32-34,36,39,41-60H2,1-3H3/b11-8-,12-9-,20-17-,21-18-,22-19-,29-26-,30-27-,31-28-,38-35-,40-37-. The van der Waals surface area contributed by atoms with E-state index >= 15 is 0 Å². The Morgan fingerprint density at radius 1 is 0.300 bits per heavy atom. The Bertz CT molecular complexity index is 1490. The van der Waals surface area contributed by atoms with Gasteiger partial charge in [0, 0.05) is 19.3 Å². The molecule has 0 aliphatic rings. The van der Waals surface area contributed by atoms with Gasteiger partial charge in [0.2, 0.25) is 0 Å². The Morgan fingerprint density at radius 3 is 0.871 bits per heavy atom. The number of allylic oxidation sites excluding steroid dienone is 20. The Morgan fingerprint density at radius 2 is 0.557 bits per heavy atom. The molecular weight excluding hydrogens is 865 g/mol. The lowest BCUT2D eigenvalue weighted by Gasteiger charge is -2.18. The fourth-order valence-electron chi connectivity index (χ4n) is 7.45. The Kier molecular flexibility index (Phi) is 54.0. The lowest BCUT2D eigenvalue weighted by Crippen LogP contribution is -2.30. The molecular formula is C64H104O6. The molecule has 0 bridgehead atoms. The van der Waals surface area contributed by atoms with E-state index in [1.807, 2.05) is 0 Å². The molecule has 0 spiro atoms. The molecule has 0 heterocycles. The summed E-state index contributed by atoms with van der Waals surface area (Å²) in [5, 5.41) is 0. The second kappa shape index (κ2) is 57.4. The molecule has 0 aliphatic carbocycles. The van der Waals surface area contributed by atoms with Crippen molar-refractivity contribution in [2.45, 2.75) is 252 Å². The summed E-state index contributed by atoms with van der Waals surface area (Å²) in [5.41, 5.74) is 0. The van der Waals surface area contributed by atoms with Crippen LogP contribution in [0, 0.1) is 0 Å². The largest absolute Gasteiger partial charge is 0.462 e. The summed E-state index contributed by atoms with van der Waals surface area (Å²) in [6.07, 6.45) is 78.9. The van der Waals surface area contributed by atoms with E-state index in [9.17, 15) is 14.4 Å². The van der Waals surface area contributed by atoms with E-state index < -0.39 is 6.10 Å². The molecule has 0 aromatic rings. The molecule has 0 rings (SSSR count). The van der Waals surface area contributed by atoms with Gasteiger partial charge in [-0.15, -0.1) is 0 Å². The van der Waals surface area contributed by atoms with Crippen molar-refractivity contribution in [3.05, 3.63) is 122 Å². The van der Waals surface area contributed by atoms with Crippen LogP contribution in [0.3, 0.4) is 0 Å². The van der Waals surface area contributed by atoms with Crippen LogP contribution in [0.15, 0.2) is 122 Å². The van der Waals surface area contributed by atoms with Crippen molar-refractivity contribution in [1.82, 2.24) is 0 Å². The summed E-state index contributed by atoms with van der Waals surface area (Å²) < 4.78 is 16.8. The number of rotatable bonds is 50. The van der Waals surface area contributed by atoms with Crippen molar-refractivity contribution in [2.24, 2.45) is 0 Å². The summed E-state index contributed by atoms with van der Waals surface area (Å²) in [5.74, 6) is -0.961. The minimum Gasteiger partial charge on any atom is -0.462 e. The van der Waals surface area contributed by atoms with Crippen molar-refractivity contribution in [2.75, 3.05) is 13.2 Å². The first-order chi connectivity index (χ1) is 34.5. The molecule has 1 atom stereocenters. The third-order valence-electron chi connectivity index (χ3n) is 11.7. The van der Waals surface area contributed by atoms with E-state index in [0.717, 1.165) is 148 Å². The first kappa shape index (κ1) is 65.8. The fraction of sp³-hybridized carbons (Fsp3) is 0.641. The number of carbonyl (C=O) groups is 3. The summed E-state index contributed by atoms with van der Waals surface area (Å²) in [6, 6.07) is 0. The Hall–Kier alpha value is -4.19. The van der Waals surface area contributed by atoms with Gasteiger partial charge in [-0.2, -0.15) is 0 Å². The molecule has 0 N–H and O–H groups in total. The molecule has 70 heavy (non-hydrogen) atoms. The predicted molar refractivity (Wildman–Crippen MR) is 302 cm³/mol. The zero-order chi connectivity index (χ0) is 50.7. The van der Waals surface area contributed by atoms with E-state index in [4.69, 9.17) is 14.2 Å².